The lowest BCUT2D eigenvalue weighted by Crippen LogP contribution is -2.52. The fourth-order valence-corrected chi connectivity index (χ4v) is 5.38. The van der Waals surface area contributed by atoms with Crippen LogP contribution in [0.3, 0.4) is 0 Å². The van der Waals surface area contributed by atoms with Crippen LogP contribution in [0.15, 0.2) is 18.2 Å². The van der Waals surface area contributed by atoms with Gasteiger partial charge in [-0.2, -0.15) is 0 Å². The van der Waals surface area contributed by atoms with Gasteiger partial charge in [-0.1, -0.05) is 0 Å². The van der Waals surface area contributed by atoms with Crippen molar-refractivity contribution in [2.24, 2.45) is 5.92 Å². The molecule has 0 radical (unpaired) electrons. The Labute approximate surface area is 207 Å². The van der Waals surface area contributed by atoms with E-state index in [-0.39, 0.29) is 49.0 Å². The van der Waals surface area contributed by atoms with Crippen molar-refractivity contribution in [2.45, 2.75) is 38.3 Å². The minimum atomic E-state index is -0.556. The first-order valence-corrected chi connectivity index (χ1v) is 11.5. The van der Waals surface area contributed by atoms with Crippen molar-refractivity contribution in [1.29, 1.82) is 0 Å². The summed E-state index contributed by atoms with van der Waals surface area (Å²) in [6.45, 7) is 8.07. The molecule has 0 unspecified atom stereocenters. The van der Waals surface area contributed by atoms with Gasteiger partial charge in [0.15, 0.2) is 0 Å². The van der Waals surface area contributed by atoms with Gasteiger partial charge in [-0.15, -0.1) is 24.8 Å². The number of carbonyl (C=O) groups excluding carboxylic acids is 3. The molecule has 33 heavy (non-hydrogen) atoms. The lowest BCUT2D eigenvalue weighted by Gasteiger charge is -2.38. The van der Waals surface area contributed by atoms with Gasteiger partial charge in [0.05, 0.1) is 0 Å². The van der Waals surface area contributed by atoms with Crippen LogP contribution in [0.25, 0.3) is 0 Å². The van der Waals surface area contributed by atoms with Gasteiger partial charge in [0.1, 0.15) is 6.04 Å². The highest BCUT2D eigenvalue weighted by atomic mass is 35.5. The largest absolute Gasteiger partial charge is 0.369 e. The number of piperazine rings is 1. The number of piperidine rings is 2. The quantitative estimate of drug-likeness (QED) is 0.611. The lowest BCUT2D eigenvalue weighted by molar-refractivity contribution is -0.136. The summed E-state index contributed by atoms with van der Waals surface area (Å²) in [4.78, 5) is 43.2. The van der Waals surface area contributed by atoms with Gasteiger partial charge in [-0.3, -0.25) is 24.6 Å². The third kappa shape index (κ3) is 5.45. The number of halogens is 2. The van der Waals surface area contributed by atoms with E-state index < -0.39 is 6.04 Å². The molecular weight excluding hydrogens is 465 g/mol. The third-order valence-electron chi connectivity index (χ3n) is 7.22. The predicted octanol–water partition coefficient (Wildman–Crippen LogP) is 1.41. The van der Waals surface area contributed by atoms with Crippen molar-refractivity contribution in [2.75, 3.05) is 50.7 Å². The molecule has 182 valence electrons. The first-order chi connectivity index (χ1) is 15.1. The summed E-state index contributed by atoms with van der Waals surface area (Å²) in [6.07, 6.45) is 3.24. The summed E-state index contributed by atoms with van der Waals surface area (Å²) in [5.41, 5.74) is 2.81. The van der Waals surface area contributed by atoms with E-state index in [1.165, 1.54) is 19.4 Å². The minimum Gasteiger partial charge on any atom is -0.369 e. The van der Waals surface area contributed by atoms with Crippen LogP contribution in [-0.2, 0) is 16.1 Å². The van der Waals surface area contributed by atoms with E-state index in [2.05, 4.69) is 26.5 Å². The fourth-order valence-electron chi connectivity index (χ4n) is 5.38. The Morgan fingerprint density at radius 1 is 0.939 bits per heavy atom. The molecule has 3 fully saturated rings. The molecule has 1 aromatic rings. The van der Waals surface area contributed by atoms with E-state index in [4.69, 9.17) is 0 Å². The highest BCUT2D eigenvalue weighted by Gasteiger charge is 2.39. The Kier molecular flexibility index (Phi) is 8.61. The summed E-state index contributed by atoms with van der Waals surface area (Å²) in [7, 11) is 0. The second-order valence-electron chi connectivity index (χ2n) is 9.22. The van der Waals surface area contributed by atoms with Crippen LogP contribution in [-0.4, -0.2) is 79.4 Å². The SMILES string of the molecule is Cl.Cl.O=C1CC[C@H](N2Cc3cc(N4CCN(CC5CCNCC5)CC4)ccc3C2=O)C(=O)N1. The zero-order chi connectivity index (χ0) is 21.4. The summed E-state index contributed by atoms with van der Waals surface area (Å²) in [5.74, 6) is 0.0920. The smallest absolute Gasteiger partial charge is 0.255 e. The van der Waals surface area contributed by atoms with E-state index >= 15 is 0 Å². The van der Waals surface area contributed by atoms with Crippen LogP contribution < -0.4 is 15.5 Å². The maximum Gasteiger partial charge on any atom is 0.255 e. The molecule has 4 aliphatic rings. The van der Waals surface area contributed by atoms with Crippen molar-refractivity contribution in [3.63, 3.8) is 0 Å². The first-order valence-electron chi connectivity index (χ1n) is 11.5. The average Bonchev–Trinajstić information content (AvgIpc) is 3.10. The van der Waals surface area contributed by atoms with Crippen LogP contribution in [0.5, 0.6) is 0 Å². The first kappa shape index (κ1) is 25.7. The Morgan fingerprint density at radius 3 is 2.36 bits per heavy atom. The van der Waals surface area contributed by atoms with Crippen molar-refractivity contribution >= 4 is 48.2 Å². The Morgan fingerprint density at radius 2 is 1.67 bits per heavy atom. The number of imide groups is 1. The van der Waals surface area contributed by atoms with Crippen LogP contribution in [0, 0.1) is 5.92 Å². The molecule has 0 bridgehead atoms. The summed E-state index contributed by atoms with van der Waals surface area (Å²) < 4.78 is 0. The summed E-state index contributed by atoms with van der Waals surface area (Å²) in [6, 6.07) is 5.49. The molecule has 8 nitrogen and oxygen atoms in total. The molecule has 2 N–H and O–H groups in total. The molecule has 3 saturated heterocycles. The van der Waals surface area contributed by atoms with Crippen LogP contribution in [0.4, 0.5) is 5.69 Å². The summed E-state index contributed by atoms with van der Waals surface area (Å²) in [5, 5.41) is 5.80. The monoisotopic (exact) mass is 497 g/mol. The van der Waals surface area contributed by atoms with Gasteiger partial charge in [0.2, 0.25) is 11.8 Å². The maximum absolute atomic E-state index is 12.9. The number of amides is 3. The van der Waals surface area contributed by atoms with E-state index in [1.54, 1.807) is 4.90 Å². The van der Waals surface area contributed by atoms with Gasteiger partial charge in [0.25, 0.3) is 5.91 Å². The van der Waals surface area contributed by atoms with E-state index in [0.717, 1.165) is 56.4 Å². The van der Waals surface area contributed by atoms with Gasteiger partial charge in [-0.05, 0) is 62.0 Å². The number of benzene rings is 1. The normalized spacial score (nSPS) is 24.1. The second-order valence-corrected chi connectivity index (χ2v) is 9.22. The number of nitrogens with zero attached hydrogens (tertiary/aromatic N) is 3. The van der Waals surface area contributed by atoms with Crippen molar-refractivity contribution in [3.8, 4) is 0 Å². The molecule has 0 spiro atoms. The van der Waals surface area contributed by atoms with Gasteiger partial charge < -0.3 is 15.1 Å². The zero-order valence-electron chi connectivity index (χ0n) is 18.8. The second kappa shape index (κ2) is 11.0. The number of hydrogen-bond acceptors (Lipinski definition) is 6. The number of anilines is 1. The number of nitrogens with one attached hydrogen (secondary N) is 2. The highest BCUT2D eigenvalue weighted by Crippen LogP contribution is 2.31. The molecule has 0 aliphatic carbocycles. The maximum atomic E-state index is 12.9. The van der Waals surface area contributed by atoms with Crippen molar-refractivity contribution < 1.29 is 14.4 Å². The number of carbonyl (C=O) groups is 3. The van der Waals surface area contributed by atoms with Crippen LogP contribution in [0.2, 0.25) is 0 Å². The lowest BCUT2D eigenvalue weighted by atomic mass is 9.97. The Hall–Kier alpha value is -1.87. The average molecular weight is 498 g/mol. The molecule has 4 aliphatic heterocycles. The van der Waals surface area contributed by atoms with Crippen LogP contribution >= 0.6 is 24.8 Å². The Bertz CT molecular complexity index is 885. The molecular formula is C23H33Cl2N5O3. The minimum absolute atomic E-state index is 0. The predicted molar refractivity (Wildman–Crippen MR) is 131 cm³/mol. The Balaban J connectivity index is 0.00000153. The summed E-state index contributed by atoms with van der Waals surface area (Å²) >= 11 is 0. The zero-order valence-corrected chi connectivity index (χ0v) is 20.4. The topological polar surface area (TPSA) is 85.0 Å². The van der Waals surface area contributed by atoms with Gasteiger partial charge in [-0.25, -0.2) is 0 Å². The van der Waals surface area contributed by atoms with Crippen LogP contribution in [0.1, 0.15) is 41.6 Å². The molecule has 3 amide bonds. The van der Waals surface area contributed by atoms with Gasteiger partial charge >= 0.3 is 0 Å². The molecule has 1 atom stereocenters. The molecule has 0 saturated carbocycles. The molecule has 10 heteroatoms. The number of fused-ring (bicyclic) bond motifs is 1. The fraction of sp³-hybridized carbons (Fsp3) is 0.609. The van der Waals surface area contributed by atoms with Crippen molar-refractivity contribution in [3.05, 3.63) is 29.3 Å². The standard InChI is InChI=1S/C23H31N5O3.2ClH/c29-21-4-3-20(22(30)25-21)28-15-17-13-18(1-2-19(17)23(28)31)27-11-9-26(10-12-27)14-16-5-7-24-8-6-16;;/h1-2,13,16,20,24H,3-12,14-15H2,(H,25,29,30);2*1H/t20-;;/m0../s1. The molecule has 4 heterocycles. The van der Waals surface area contributed by atoms with Crippen molar-refractivity contribution in [1.82, 2.24) is 20.4 Å². The molecule has 5 rings (SSSR count). The van der Waals surface area contributed by atoms with E-state index in [0.29, 0.717) is 18.5 Å². The van der Waals surface area contributed by atoms with E-state index in [1.807, 2.05) is 12.1 Å². The molecule has 1 aromatic carbocycles. The number of hydrogen-bond donors (Lipinski definition) is 2. The highest BCUT2D eigenvalue weighted by molar-refractivity contribution is 6.05. The third-order valence-corrected chi connectivity index (χ3v) is 7.22. The van der Waals surface area contributed by atoms with Gasteiger partial charge in [0, 0.05) is 56.9 Å². The number of rotatable bonds is 4. The van der Waals surface area contributed by atoms with E-state index in [9.17, 15) is 14.4 Å². The molecule has 0 aromatic heterocycles.